The fourth-order valence-corrected chi connectivity index (χ4v) is 3.67. The molecule has 2 amide bonds. The lowest BCUT2D eigenvalue weighted by molar-refractivity contribution is 0.0526. The van der Waals surface area contributed by atoms with Crippen molar-refractivity contribution in [2.24, 2.45) is 5.10 Å². The SMILES string of the molecule is CCOC(=O)c1cccc(-n2c(C)cc(/C=N/NC(=O)Nc3cc(C)cc(C)c3)c2C)c1. The number of nitrogens with zero attached hydrogens (tertiary/aromatic N) is 2. The van der Waals surface area contributed by atoms with Gasteiger partial charge < -0.3 is 14.6 Å². The monoisotopic (exact) mass is 432 g/mol. The van der Waals surface area contributed by atoms with Crippen molar-refractivity contribution in [2.45, 2.75) is 34.6 Å². The molecule has 0 aliphatic heterocycles. The fraction of sp³-hybridized carbons (Fsp3) is 0.240. The molecule has 7 nitrogen and oxygen atoms in total. The number of aromatic nitrogens is 1. The Morgan fingerprint density at radius 1 is 1.03 bits per heavy atom. The molecule has 32 heavy (non-hydrogen) atoms. The highest BCUT2D eigenvalue weighted by molar-refractivity contribution is 5.91. The standard InChI is InChI=1S/C25H28N4O3/c1-6-32-24(30)20-8-7-9-23(14-20)29-18(4)13-21(19(29)5)15-26-28-25(31)27-22-11-16(2)10-17(3)12-22/h7-15H,6H2,1-5H3,(H2,27,28,31)/b26-15+. The average molecular weight is 433 g/mol. The van der Waals surface area contributed by atoms with E-state index in [9.17, 15) is 9.59 Å². The van der Waals surface area contributed by atoms with Crippen LogP contribution in [0.2, 0.25) is 0 Å². The van der Waals surface area contributed by atoms with Gasteiger partial charge in [-0.2, -0.15) is 5.10 Å². The van der Waals surface area contributed by atoms with Gasteiger partial charge in [-0.25, -0.2) is 15.0 Å². The third kappa shape index (κ3) is 5.43. The number of carbonyl (C=O) groups excluding carboxylic acids is 2. The van der Waals surface area contributed by atoms with E-state index in [4.69, 9.17) is 4.74 Å². The zero-order valence-electron chi connectivity index (χ0n) is 19.0. The lowest BCUT2D eigenvalue weighted by Crippen LogP contribution is -2.24. The molecule has 0 fully saturated rings. The number of nitrogens with one attached hydrogen (secondary N) is 2. The summed E-state index contributed by atoms with van der Waals surface area (Å²) in [5.74, 6) is -0.349. The van der Waals surface area contributed by atoms with Crippen molar-refractivity contribution in [3.8, 4) is 5.69 Å². The molecule has 3 rings (SSSR count). The third-order valence-corrected chi connectivity index (χ3v) is 4.94. The van der Waals surface area contributed by atoms with Crippen molar-refractivity contribution in [3.63, 3.8) is 0 Å². The van der Waals surface area contributed by atoms with Gasteiger partial charge in [-0.05, 0) is 82.1 Å². The third-order valence-electron chi connectivity index (χ3n) is 4.94. The van der Waals surface area contributed by atoms with Crippen molar-refractivity contribution >= 4 is 23.9 Å². The van der Waals surface area contributed by atoms with Gasteiger partial charge in [0.2, 0.25) is 0 Å². The van der Waals surface area contributed by atoms with Gasteiger partial charge in [0.05, 0.1) is 18.4 Å². The van der Waals surface area contributed by atoms with Crippen LogP contribution in [0.3, 0.4) is 0 Å². The first-order valence-electron chi connectivity index (χ1n) is 10.4. The minimum absolute atomic E-state index is 0.329. The van der Waals surface area contributed by atoms with Gasteiger partial charge in [0.15, 0.2) is 0 Å². The Morgan fingerprint density at radius 2 is 1.75 bits per heavy atom. The number of aryl methyl sites for hydroxylation is 3. The molecule has 3 aromatic rings. The summed E-state index contributed by atoms with van der Waals surface area (Å²) < 4.78 is 7.13. The molecule has 0 aliphatic carbocycles. The molecule has 7 heteroatoms. The quantitative estimate of drug-likeness (QED) is 0.325. The summed E-state index contributed by atoms with van der Waals surface area (Å²) in [6, 6.07) is 14.7. The maximum absolute atomic E-state index is 12.2. The number of urea groups is 1. The van der Waals surface area contributed by atoms with E-state index < -0.39 is 6.03 Å². The summed E-state index contributed by atoms with van der Waals surface area (Å²) >= 11 is 0. The summed E-state index contributed by atoms with van der Waals surface area (Å²) in [5, 5.41) is 6.87. The highest BCUT2D eigenvalue weighted by atomic mass is 16.5. The van der Waals surface area contributed by atoms with Gasteiger partial charge in [-0.3, -0.25) is 0 Å². The van der Waals surface area contributed by atoms with Gasteiger partial charge in [0.25, 0.3) is 0 Å². The largest absolute Gasteiger partial charge is 0.462 e. The molecule has 0 unspecified atom stereocenters. The Labute approximate surface area is 188 Å². The topological polar surface area (TPSA) is 84.7 Å². The number of amides is 2. The number of hydrogen-bond donors (Lipinski definition) is 2. The average Bonchev–Trinajstić information content (AvgIpc) is 3.00. The van der Waals surface area contributed by atoms with Crippen LogP contribution in [-0.2, 0) is 4.74 Å². The van der Waals surface area contributed by atoms with Crippen LogP contribution in [0, 0.1) is 27.7 Å². The lowest BCUT2D eigenvalue weighted by Gasteiger charge is -2.11. The van der Waals surface area contributed by atoms with E-state index in [0.717, 1.165) is 39.5 Å². The molecular formula is C25H28N4O3. The van der Waals surface area contributed by atoms with Gasteiger partial charge in [-0.1, -0.05) is 12.1 Å². The zero-order valence-corrected chi connectivity index (χ0v) is 19.0. The molecule has 1 heterocycles. The lowest BCUT2D eigenvalue weighted by atomic mass is 10.1. The molecule has 0 aliphatic rings. The normalized spacial score (nSPS) is 10.9. The molecule has 2 N–H and O–H groups in total. The summed E-state index contributed by atoms with van der Waals surface area (Å²) in [6.45, 7) is 10.0. The number of esters is 1. The highest BCUT2D eigenvalue weighted by Crippen LogP contribution is 2.21. The summed E-state index contributed by atoms with van der Waals surface area (Å²) in [6.07, 6.45) is 1.61. The maximum Gasteiger partial charge on any atom is 0.339 e. The number of hydrogen-bond acceptors (Lipinski definition) is 4. The summed E-state index contributed by atoms with van der Waals surface area (Å²) in [4.78, 5) is 24.3. The fourth-order valence-electron chi connectivity index (χ4n) is 3.67. The Morgan fingerprint density at radius 3 is 2.44 bits per heavy atom. The Kier molecular flexibility index (Phi) is 7.10. The van der Waals surface area contributed by atoms with Gasteiger partial charge in [-0.15, -0.1) is 0 Å². The number of ether oxygens (including phenoxy) is 1. The predicted octanol–water partition coefficient (Wildman–Crippen LogP) is 5.04. The minimum atomic E-state index is -0.415. The number of anilines is 1. The van der Waals surface area contributed by atoms with Crippen molar-refractivity contribution in [1.29, 1.82) is 0 Å². The number of hydrazone groups is 1. The molecule has 1 aromatic heterocycles. The van der Waals surface area contributed by atoms with Crippen LogP contribution in [0.5, 0.6) is 0 Å². The molecule has 0 radical (unpaired) electrons. The number of benzene rings is 2. The Hall–Kier alpha value is -3.87. The van der Waals surface area contributed by atoms with Crippen molar-refractivity contribution in [2.75, 3.05) is 11.9 Å². The van der Waals surface area contributed by atoms with Crippen molar-refractivity contribution in [1.82, 2.24) is 9.99 Å². The van der Waals surface area contributed by atoms with Crippen LogP contribution < -0.4 is 10.7 Å². The van der Waals surface area contributed by atoms with Crippen molar-refractivity contribution in [3.05, 3.63) is 82.2 Å². The first kappa shape index (κ1) is 22.8. The first-order valence-corrected chi connectivity index (χ1v) is 10.4. The van der Waals surface area contributed by atoms with Crippen LogP contribution >= 0.6 is 0 Å². The van der Waals surface area contributed by atoms with E-state index in [1.54, 1.807) is 25.3 Å². The van der Waals surface area contributed by atoms with Gasteiger partial charge >= 0.3 is 12.0 Å². The molecule has 2 aromatic carbocycles. The van der Waals surface area contributed by atoms with Crippen LogP contribution in [0.25, 0.3) is 5.69 Å². The Bertz CT molecular complexity index is 1160. The van der Waals surface area contributed by atoms with E-state index in [0.29, 0.717) is 12.2 Å². The van der Waals surface area contributed by atoms with E-state index >= 15 is 0 Å². The molecule has 166 valence electrons. The Balaban J connectivity index is 1.73. The van der Waals surface area contributed by atoms with Crippen molar-refractivity contribution < 1.29 is 14.3 Å². The van der Waals surface area contributed by atoms with Crippen LogP contribution in [0.15, 0.2) is 53.6 Å². The molecule has 0 saturated carbocycles. The summed E-state index contributed by atoms with van der Waals surface area (Å²) in [7, 11) is 0. The molecular weight excluding hydrogens is 404 g/mol. The van der Waals surface area contributed by atoms with Crippen LogP contribution in [0.1, 0.15) is 45.4 Å². The summed E-state index contributed by atoms with van der Waals surface area (Å²) in [5.41, 5.74) is 9.48. The number of rotatable bonds is 6. The van der Waals surface area contributed by atoms with Crippen LogP contribution in [0.4, 0.5) is 10.5 Å². The maximum atomic E-state index is 12.2. The smallest absolute Gasteiger partial charge is 0.339 e. The second kappa shape index (κ2) is 9.96. The minimum Gasteiger partial charge on any atom is -0.462 e. The predicted molar refractivity (Wildman–Crippen MR) is 127 cm³/mol. The van der Waals surface area contributed by atoms with E-state index in [2.05, 4.69) is 15.8 Å². The zero-order chi connectivity index (χ0) is 23.3. The molecule has 0 bridgehead atoms. The van der Waals surface area contributed by atoms with Gasteiger partial charge in [0, 0.05) is 28.3 Å². The van der Waals surface area contributed by atoms with E-state index in [-0.39, 0.29) is 5.97 Å². The van der Waals surface area contributed by atoms with E-state index in [1.807, 2.05) is 68.7 Å². The second-order valence-electron chi connectivity index (χ2n) is 7.63. The second-order valence-corrected chi connectivity index (χ2v) is 7.63. The molecule has 0 spiro atoms. The van der Waals surface area contributed by atoms with E-state index in [1.165, 1.54) is 0 Å². The first-order chi connectivity index (χ1) is 15.3. The molecule has 0 saturated heterocycles. The molecule has 0 atom stereocenters. The highest BCUT2D eigenvalue weighted by Gasteiger charge is 2.12. The van der Waals surface area contributed by atoms with Crippen LogP contribution in [-0.4, -0.2) is 29.4 Å². The number of carbonyl (C=O) groups is 2. The van der Waals surface area contributed by atoms with Gasteiger partial charge in [0.1, 0.15) is 0 Å².